The molecular weight excluding hydrogens is 540 g/mol. The average Bonchev–Trinajstić information content (AvgIpc) is 3.11. The van der Waals surface area contributed by atoms with Crippen LogP contribution in [0.25, 0.3) is 0 Å². The van der Waals surface area contributed by atoms with Crippen molar-refractivity contribution >= 4 is 0 Å². The highest BCUT2D eigenvalue weighted by Crippen LogP contribution is 2.11. The molecule has 12 bridgehead atoms. The van der Waals surface area contributed by atoms with E-state index in [0.29, 0.717) is 0 Å². The molecule has 7 aromatic carbocycles. The van der Waals surface area contributed by atoms with Crippen molar-refractivity contribution in [2.75, 3.05) is 0 Å². The highest BCUT2D eigenvalue weighted by Gasteiger charge is 1.97. The van der Waals surface area contributed by atoms with E-state index in [1.165, 1.54) is 52.5 Å². The Hall–Kier alpha value is -5.90. The van der Waals surface area contributed by atoms with Crippen molar-refractivity contribution in [3.05, 3.63) is 243 Å². The highest BCUT2D eigenvalue weighted by molar-refractivity contribution is 5.45. The van der Waals surface area contributed by atoms with Gasteiger partial charge in [0.1, 0.15) is 0 Å². The summed E-state index contributed by atoms with van der Waals surface area (Å²) in [6, 6.07) is 59.4. The van der Waals surface area contributed by atoms with Crippen molar-refractivity contribution in [1.29, 1.82) is 0 Å². The monoisotopic (exact) mass is 570 g/mol. The SMILES string of the molecule is Cc1ccc(C#Cc2cc3ccc2=c2ccc(cc2)=c2ccc(cc2)=c2ccc(cc2)=c2ccc(cc2)=c2ccc=3cc2)cc1. The van der Waals surface area contributed by atoms with Gasteiger partial charge in [0.15, 0.2) is 0 Å². The molecule has 45 heavy (non-hydrogen) atoms. The zero-order chi connectivity index (χ0) is 30.2. The fraction of sp³-hybridized carbons (Fsp3) is 0.0222. The predicted molar refractivity (Wildman–Crippen MR) is 182 cm³/mol. The van der Waals surface area contributed by atoms with E-state index in [2.05, 4.69) is 183 Å². The fourth-order valence-electron chi connectivity index (χ4n) is 6.12. The van der Waals surface area contributed by atoms with Crippen LogP contribution in [-0.4, -0.2) is 0 Å². The summed E-state index contributed by atoms with van der Waals surface area (Å²) in [7, 11) is 0. The Kier molecular flexibility index (Phi) is 6.71. The first-order chi connectivity index (χ1) is 22.2. The molecule has 210 valence electrons. The maximum atomic E-state index is 3.52. The van der Waals surface area contributed by atoms with E-state index in [-0.39, 0.29) is 0 Å². The van der Waals surface area contributed by atoms with E-state index >= 15 is 0 Å². The summed E-state index contributed by atoms with van der Waals surface area (Å²) >= 11 is 0. The van der Waals surface area contributed by atoms with E-state index in [1.807, 2.05) is 0 Å². The van der Waals surface area contributed by atoms with Crippen LogP contribution in [-0.2, 0) is 0 Å². The standard InChI is InChI=1S/C45H30/c1-31-2-4-32(5-3-31)6-7-44-30-43-28-29-45(44)42-26-24-40(25-27-42)38-18-16-36(17-19-38)34-10-8-33(9-11-34)35-12-14-37(15-13-35)39-20-22-41(43)23-21-39/h2-5,8-30H,1H3. The van der Waals surface area contributed by atoms with E-state index in [9.17, 15) is 0 Å². The quantitative estimate of drug-likeness (QED) is 0.159. The first-order valence-electron chi connectivity index (χ1n) is 15.4. The topological polar surface area (TPSA) is 0 Å². The molecule has 0 saturated carbocycles. The molecule has 0 heteroatoms. The van der Waals surface area contributed by atoms with Gasteiger partial charge in [-0.05, 0) is 87.7 Å². The molecular formula is C45H30. The number of hydrogen-bond donors (Lipinski definition) is 0. The second kappa shape index (κ2) is 11.3. The van der Waals surface area contributed by atoms with Gasteiger partial charge >= 0.3 is 0 Å². The Morgan fingerprint density at radius 2 is 0.600 bits per heavy atom. The molecule has 0 radical (unpaired) electrons. The number of benzene rings is 7. The molecule has 0 aliphatic heterocycles. The molecule has 16 aliphatic carbocycles. The maximum absolute atomic E-state index is 3.52. The Labute approximate surface area is 261 Å². The summed E-state index contributed by atoms with van der Waals surface area (Å²) < 4.78 is 0. The Morgan fingerprint density at radius 3 is 0.978 bits per heavy atom. The molecule has 0 unspecified atom stereocenters. The van der Waals surface area contributed by atoms with E-state index in [4.69, 9.17) is 0 Å². The molecule has 0 atom stereocenters. The molecule has 0 spiro atoms. The van der Waals surface area contributed by atoms with Crippen molar-refractivity contribution in [2.45, 2.75) is 6.92 Å². The van der Waals surface area contributed by atoms with Crippen LogP contribution in [0, 0.1) is 81.4 Å². The predicted octanol–water partition coefficient (Wildman–Crippen LogP) is 9.43. The Balaban J connectivity index is 1.47. The number of rotatable bonds is 0. The van der Waals surface area contributed by atoms with Gasteiger partial charge in [-0.2, -0.15) is 0 Å². The molecule has 0 nitrogen and oxygen atoms in total. The highest BCUT2D eigenvalue weighted by atomic mass is 14.0. The van der Waals surface area contributed by atoms with Crippen LogP contribution in [0.5, 0.6) is 0 Å². The van der Waals surface area contributed by atoms with Crippen LogP contribution >= 0.6 is 0 Å². The second-order valence-electron chi connectivity index (χ2n) is 11.8. The van der Waals surface area contributed by atoms with Crippen LogP contribution in [0.4, 0.5) is 0 Å². The second-order valence-corrected chi connectivity index (χ2v) is 11.8. The first-order valence-corrected chi connectivity index (χ1v) is 15.4. The van der Waals surface area contributed by atoms with Gasteiger partial charge in [-0.15, -0.1) is 0 Å². The van der Waals surface area contributed by atoms with Gasteiger partial charge in [-0.25, -0.2) is 0 Å². The van der Waals surface area contributed by atoms with Gasteiger partial charge in [-0.3, -0.25) is 0 Å². The van der Waals surface area contributed by atoms with Crippen molar-refractivity contribution < 1.29 is 0 Å². The minimum atomic E-state index is 1.02. The summed E-state index contributed by atoms with van der Waals surface area (Å²) in [5.74, 6) is 6.94. The average molecular weight is 571 g/mol. The van der Waals surface area contributed by atoms with Crippen molar-refractivity contribution in [1.82, 2.24) is 0 Å². The maximum Gasteiger partial charge on any atom is 0.0333 e. The lowest BCUT2D eigenvalue weighted by molar-refractivity contribution is 1.37. The molecule has 0 N–H and O–H groups in total. The molecule has 16 aliphatic rings. The number of aryl methyl sites for hydroxylation is 1. The van der Waals surface area contributed by atoms with Crippen LogP contribution < -0.4 is 0 Å². The molecule has 0 amide bonds. The van der Waals surface area contributed by atoms with Crippen LogP contribution in [0.1, 0.15) is 16.7 Å². The number of hydrogen-bond acceptors (Lipinski definition) is 0. The zero-order valence-electron chi connectivity index (χ0n) is 25.1. The van der Waals surface area contributed by atoms with Gasteiger partial charge in [0.2, 0.25) is 0 Å². The van der Waals surface area contributed by atoms with Crippen molar-refractivity contribution in [3.63, 3.8) is 0 Å². The van der Waals surface area contributed by atoms with Crippen LogP contribution in [0.15, 0.2) is 164 Å². The minimum absolute atomic E-state index is 1.02. The smallest absolute Gasteiger partial charge is 0.0333 e. The van der Waals surface area contributed by atoms with Gasteiger partial charge < -0.3 is 0 Å². The molecule has 0 fully saturated rings. The third kappa shape index (κ3) is 5.38. The summed E-state index contributed by atoms with van der Waals surface area (Å²) in [5.41, 5.74) is 3.27. The molecule has 0 aromatic heterocycles. The van der Waals surface area contributed by atoms with Gasteiger partial charge in [0.25, 0.3) is 0 Å². The fourth-order valence-corrected chi connectivity index (χ4v) is 6.12. The summed E-state index contributed by atoms with van der Waals surface area (Å²) in [4.78, 5) is 0. The third-order valence-corrected chi connectivity index (χ3v) is 8.81. The molecule has 0 saturated heterocycles. The molecule has 0 heterocycles. The van der Waals surface area contributed by atoms with Gasteiger partial charge in [0.05, 0.1) is 0 Å². The van der Waals surface area contributed by atoms with Crippen LogP contribution in [0.2, 0.25) is 0 Å². The normalized spacial score (nSPS) is 11.0. The summed E-state index contributed by atoms with van der Waals surface area (Å²) in [6.07, 6.45) is 0. The van der Waals surface area contributed by atoms with E-state index in [1.54, 1.807) is 0 Å². The third-order valence-electron chi connectivity index (χ3n) is 8.81. The largest absolute Gasteiger partial charge is 0.0616 e. The lowest BCUT2D eigenvalue weighted by Gasteiger charge is -1.99. The van der Waals surface area contributed by atoms with Crippen molar-refractivity contribution in [3.8, 4) is 11.8 Å². The first kappa shape index (κ1) is 26.7. The van der Waals surface area contributed by atoms with E-state index < -0.39 is 0 Å². The summed E-state index contributed by atoms with van der Waals surface area (Å²) in [6.45, 7) is 2.10. The minimum Gasteiger partial charge on any atom is -0.0616 e. The lowest BCUT2D eigenvalue weighted by Crippen LogP contribution is -1.85. The van der Waals surface area contributed by atoms with Gasteiger partial charge in [-0.1, -0.05) is 163 Å². The molecule has 23 rings (SSSR count). The molecule has 7 aromatic rings. The van der Waals surface area contributed by atoms with Crippen molar-refractivity contribution in [2.24, 2.45) is 0 Å². The Morgan fingerprint density at radius 1 is 0.289 bits per heavy atom. The lowest BCUT2D eigenvalue weighted by atomic mass is 10.0. The summed E-state index contributed by atoms with van der Waals surface area (Å²) in [5, 5.41) is 14.3. The Bertz CT molecular complexity index is 2820. The van der Waals surface area contributed by atoms with Crippen LogP contribution in [0.3, 0.4) is 0 Å². The van der Waals surface area contributed by atoms with E-state index in [0.717, 1.165) is 26.8 Å². The van der Waals surface area contributed by atoms with Gasteiger partial charge in [0, 0.05) is 11.1 Å². The zero-order valence-corrected chi connectivity index (χ0v) is 25.1.